The minimum Gasteiger partial charge on any atom is -0.497 e. The summed E-state index contributed by atoms with van der Waals surface area (Å²) in [5.41, 5.74) is 3.20. The molecule has 0 saturated carbocycles. The summed E-state index contributed by atoms with van der Waals surface area (Å²) in [5.74, 6) is 1.01. The molecule has 1 saturated heterocycles. The Morgan fingerprint density at radius 1 is 0.897 bits per heavy atom. The first-order chi connectivity index (χ1) is 14.2. The molecule has 2 aliphatic heterocycles. The van der Waals surface area contributed by atoms with Crippen molar-refractivity contribution in [3.63, 3.8) is 0 Å². The molecule has 3 heterocycles. The topological polar surface area (TPSA) is 37.7 Å². The Morgan fingerprint density at radius 3 is 2.52 bits per heavy atom. The number of nitrogens with zero attached hydrogens (tertiary/aromatic N) is 3. The maximum Gasteiger partial charge on any atom is 0.271 e. The van der Waals surface area contributed by atoms with E-state index in [-0.39, 0.29) is 18.0 Å². The Bertz CT molecular complexity index is 1010. The van der Waals surface area contributed by atoms with E-state index in [0.29, 0.717) is 6.54 Å². The van der Waals surface area contributed by atoms with Crippen molar-refractivity contribution in [3.8, 4) is 5.75 Å². The van der Waals surface area contributed by atoms with Crippen molar-refractivity contribution in [3.05, 3.63) is 89.7 Å². The van der Waals surface area contributed by atoms with Gasteiger partial charge in [-0.3, -0.25) is 9.69 Å². The van der Waals surface area contributed by atoms with Crippen LogP contribution in [0.5, 0.6) is 5.75 Å². The summed E-state index contributed by atoms with van der Waals surface area (Å²) in [4.78, 5) is 17.8. The van der Waals surface area contributed by atoms with E-state index in [9.17, 15) is 4.79 Å². The molecule has 3 aromatic rings. The number of carbonyl (C=O) groups excluding carboxylic acids is 1. The molecule has 2 atom stereocenters. The van der Waals surface area contributed by atoms with Gasteiger partial charge in [0.05, 0.1) is 19.2 Å². The number of amides is 1. The zero-order chi connectivity index (χ0) is 19.8. The summed E-state index contributed by atoms with van der Waals surface area (Å²) in [6, 6.07) is 22.9. The fraction of sp³-hybridized carbons (Fsp3) is 0.292. The van der Waals surface area contributed by atoms with E-state index in [1.54, 1.807) is 7.11 Å². The van der Waals surface area contributed by atoms with Gasteiger partial charge in [0, 0.05) is 32.4 Å². The van der Waals surface area contributed by atoms with E-state index in [2.05, 4.69) is 44.8 Å². The van der Waals surface area contributed by atoms with Gasteiger partial charge in [0.25, 0.3) is 5.91 Å². The van der Waals surface area contributed by atoms with Crippen LogP contribution >= 0.6 is 0 Å². The molecule has 0 unspecified atom stereocenters. The SMILES string of the molecule is COc1cccc(CN2C[C@H]3[C@H](C2)n2cccc2C(=O)N3Cc2ccccc2)c1. The average molecular weight is 387 g/mol. The molecular weight excluding hydrogens is 362 g/mol. The molecule has 2 aromatic carbocycles. The van der Waals surface area contributed by atoms with Crippen molar-refractivity contribution in [2.75, 3.05) is 20.2 Å². The maximum atomic E-state index is 13.2. The van der Waals surface area contributed by atoms with Crippen molar-refractivity contribution in [1.82, 2.24) is 14.4 Å². The minimum absolute atomic E-state index is 0.128. The molecule has 0 radical (unpaired) electrons. The standard InChI is InChI=1S/C24H25N3O2/c1-29-20-10-5-9-19(13-20)14-25-16-22-23(17-25)27(15-18-7-3-2-4-8-18)24(28)21-11-6-12-26(21)22/h2-13,22-23H,14-17H2,1H3/t22-,23-/m0/s1. The first-order valence-corrected chi connectivity index (χ1v) is 10.1. The predicted molar refractivity (Wildman–Crippen MR) is 112 cm³/mol. The molecule has 5 heteroatoms. The zero-order valence-electron chi connectivity index (χ0n) is 16.6. The second-order valence-electron chi connectivity index (χ2n) is 7.90. The van der Waals surface area contributed by atoms with Gasteiger partial charge < -0.3 is 14.2 Å². The molecule has 5 rings (SSSR count). The van der Waals surface area contributed by atoms with E-state index in [0.717, 1.165) is 31.1 Å². The van der Waals surface area contributed by atoms with Gasteiger partial charge in [0.1, 0.15) is 11.4 Å². The molecule has 2 aliphatic rings. The minimum atomic E-state index is 0.128. The van der Waals surface area contributed by atoms with Crippen LogP contribution in [-0.2, 0) is 13.1 Å². The highest BCUT2D eigenvalue weighted by atomic mass is 16.5. The lowest BCUT2D eigenvalue weighted by Gasteiger charge is -2.38. The summed E-state index contributed by atoms with van der Waals surface area (Å²) in [5, 5.41) is 0. The van der Waals surface area contributed by atoms with Crippen molar-refractivity contribution in [2.45, 2.75) is 25.2 Å². The Hall–Kier alpha value is -3.05. The number of aromatic nitrogens is 1. The summed E-state index contributed by atoms with van der Waals surface area (Å²) >= 11 is 0. The predicted octanol–water partition coefficient (Wildman–Crippen LogP) is 3.58. The first-order valence-electron chi connectivity index (χ1n) is 10.1. The number of hydrogen-bond donors (Lipinski definition) is 0. The Balaban J connectivity index is 1.41. The highest BCUT2D eigenvalue weighted by Crippen LogP contribution is 2.35. The van der Waals surface area contributed by atoms with Crippen LogP contribution < -0.4 is 4.74 Å². The van der Waals surface area contributed by atoms with Gasteiger partial charge in [-0.15, -0.1) is 0 Å². The first kappa shape index (κ1) is 18.0. The molecular formula is C24H25N3O2. The smallest absolute Gasteiger partial charge is 0.271 e. The van der Waals surface area contributed by atoms with Crippen LogP contribution in [0, 0.1) is 0 Å². The van der Waals surface area contributed by atoms with Gasteiger partial charge >= 0.3 is 0 Å². The number of carbonyl (C=O) groups is 1. The van der Waals surface area contributed by atoms with Crippen molar-refractivity contribution in [2.24, 2.45) is 0 Å². The number of hydrogen-bond acceptors (Lipinski definition) is 3. The van der Waals surface area contributed by atoms with E-state index < -0.39 is 0 Å². The number of rotatable bonds is 5. The number of likely N-dealkylation sites (tertiary alicyclic amines) is 1. The van der Waals surface area contributed by atoms with Gasteiger partial charge in [0.15, 0.2) is 0 Å². The summed E-state index contributed by atoms with van der Waals surface area (Å²) in [6.07, 6.45) is 2.06. The summed E-state index contributed by atoms with van der Waals surface area (Å²) in [6.45, 7) is 3.31. The van der Waals surface area contributed by atoms with Crippen LogP contribution in [0.2, 0.25) is 0 Å². The van der Waals surface area contributed by atoms with E-state index in [4.69, 9.17) is 4.74 Å². The average Bonchev–Trinajstić information content (AvgIpc) is 3.39. The maximum absolute atomic E-state index is 13.2. The fourth-order valence-corrected chi connectivity index (χ4v) is 4.72. The molecule has 0 spiro atoms. The molecule has 0 bridgehead atoms. The highest BCUT2D eigenvalue weighted by Gasteiger charge is 2.44. The van der Waals surface area contributed by atoms with Crippen molar-refractivity contribution in [1.29, 1.82) is 0 Å². The Kier molecular flexibility index (Phi) is 4.60. The van der Waals surface area contributed by atoms with E-state index >= 15 is 0 Å². The molecule has 0 aliphatic carbocycles. The summed E-state index contributed by atoms with van der Waals surface area (Å²) in [7, 11) is 1.70. The van der Waals surface area contributed by atoms with Gasteiger partial charge in [-0.05, 0) is 35.4 Å². The lowest BCUT2D eigenvalue weighted by molar-refractivity contribution is 0.0556. The number of benzene rings is 2. The third-order valence-corrected chi connectivity index (χ3v) is 6.09. The fourth-order valence-electron chi connectivity index (χ4n) is 4.72. The molecule has 1 aromatic heterocycles. The highest BCUT2D eigenvalue weighted by molar-refractivity contribution is 5.94. The van der Waals surface area contributed by atoms with Gasteiger partial charge in [-0.2, -0.15) is 0 Å². The number of fused-ring (bicyclic) bond motifs is 3. The largest absolute Gasteiger partial charge is 0.497 e. The van der Waals surface area contributed by atoms with Crippen molar-refractivity contribution < 1.29 is 9.53 Å². The van der Waals surface area contributed by atoms with Gasteiger partial charge in [-0.1, -0.05) is 42.5 Å². The molecule has 5 nitrogen and oxygen atoms in total. The zero-order valence-corrected chi connectivity index (χ0v) is 16.6. The van der Waals surface area contributed by atoms with Crippen LogP contribution in [0.4, 0.5) is 0 Å². The normalized spacial score (nSPS) is 21.1. The van der Waals surface area contributed by atoms with Crippen LogP contribution in [0.15, 0.2) is 72.9 Å². The van der Waals surface area contributed by atoms with Crippen LogP contribution in [0.3, 0.4) is 0 Å². The van der Waals surface area contributed by atoms with Gasteiger partial charge in [-0.25, -0.2) is 0 Å². The molecule has 148 valence electrons. The third kappa shape index (κ3) is 3.32. The molecule has 1 amide bonds. The van der Waals surface area contributed by atoms with Crippen molar-refractivity contribution >= 4 is 5.91 Å². The van der Waals surface area contributed by atoms with Crippen LogP contribution in [-0.4, -0.2) is 46.5 Å². The summed E-state index contributed by atoms with van der Waals surface area (Å²) < 4.78 is 7.55. The quantitative estimate of drug-likeness (QED) is 0.672. The lowest BCUT2D eigenvalue weighted by atomic mass is 10.0. The Labute approximate surface area is 171 Å². The second kappa shape index (κ2) is 7.41. The third-order valence-electron chi connectivity index (χ3n) is 6.09. The second-order valence-corrected chi connectivity index (χ2v) is 7.90. The number of methoxy groups -OCH3 is 1. The number of ether oxygens (including phenoxy) is 1. The molecule has 29 heavy (non-hydrogen) atoms. The monoisotopic (exact) mass is 387 g/mol. The molecule has 0 N–H and O–H groups in total. The van der Waals surface area contributed by atoms with E-state index in [1.165, 1.54) is 11.1 Å². The lowest BCUT2D eigenvalue weighted by Crippen LogP contribution is -2.49. The van der Waals surface area contributed by atoms with Crippen LogP contribution in [0.25, 0.3) is 0 Å². The van der Waals surface area contributed by atoms with Gasteiger partial charge in [0.2, 0.25) is 0 Å². The van der Waals surface area contributed by atoms with E-state index in [1.807, 2.05) is 42.5 Å². The Morgan fingerprint density at radius 2 is 1.69 bits per heavy atom. The molecule has 1 fully saturated rings. The van der Waals surface area contributed by atoms with Crippen LogP contribution in [0.1, 0.15) is 27.7 Å².